The summed E-state index contributed by atoms with van der Waals surface area (Å²) in [5.74, 6) is -0.396. The van der Waals surface area contributed by atoms with E-state index in [2.05, 4.69) is 22.1 Å². The fourth-order valence-electron chi connectivity index (χ4n) is 3.65. The predicted octanol–water partition coefficient (Wildman–Crippen LogP) is 6.27. The van der Waals surface area contributed by atoms with Gasteiger partial charge in [0.1, 0.15) is 5.82 Å². The lowest BCUT2D eigenvalue weighted by Crippen LogP contribution is -2.31. The number of benzene rings is 3. The highest BCUT2D eigenvalue weighted by Gasteiger charge is 2.21. The Morgan fingerprint density at radius 2 is 1.67 bits per heavy atom. The summed E-state index contributed by atoms with van der Waals surface area (Å²) in [6, 6.07) is 26.4. The van der Waals surface area contributed by atoms with Gasteiger partial charge in [-0.1, -0.05) is 72.0 Å². The normalized spacial score (nSPS) is 10.9. The number of thiazole rings is 1. The second-order valence-electron chi connectivity index (χ2n) is 7.69. The van der Waals surface area contributed by atoms with Gasteiger partial charge in [-0.3, -0.25) is 14.7 Å². The van der Waals surface area contributed by atoms with Crippen LogP contribution in [0, 0.1) is 5.82 Å². The van der Waals surface area contributed by atoms with Crippen LogP contribution in [0.4, 0.5) is 9.52 Å². The second-order valence-corrected chi connectivity index (χ2v) is 8.70. The van der Waals surface area contributed by atoms with Crippen molar-refractivity contribution >= 4 is 32.6 Å². The van der Waals surface area contributed by atoms with Gasteiger partial charge in [-0.2, -0.15) is 0 Å². The van der Waals surface area contributed by atoms with E-state index >= 15 is 0 Å². The van der Waals surface area contributed by atoms with E-state index in [1.807, 2.05) is 54.6 Å². The highest BCUT2D eigenvalue weighted by molar-refractivity contribution is 7.22. The first-order valence-electron chi connectivity index (χ1n) is 10.6. The molecule has 5 aromatic rings. The number of carbonyl (C=O) groups is 1. The highest BCUT2D eigenvalue weighted by atomic mass is 32.1. The lowest BCUT2D eigenvalue weighted by Gasteiger charge is -2.20. The number of hydrogen-bond acceptors (Lipinski definition) is 4. The molecule has 0 N–H and O–H groups in total. The maximum atomic E-state index is 13.7. The van der Waals surface area contributed by atoms with Crippen molar-refractivity contribution in [1.29, 1.82) is 0 Å². The van der Waals surface area contributed by atoms with Crippen LogP contribution in [0.3, 0.4) is 0 Å². The Morgan fingerprint density at radius 1 is 0.879 bits per heavy atom. The molecule has 5 rings (SSSR count). The summed E-state index contributed by atoms with van der Waals surface area (Å²) in [6.45, 7) is 0.344. The number of aromatic nitrogens is 2. The van der Waals surface area contributed by atoms with Gasteiger partial charge in [0.25, 0.3) is 0 Å². The molecule has 0 fully saturated rings. The quantitative estimate of drug-likeness (QED) is 0.304. The first kappa shape index (κ1) is 21.0. The number of halogens is 1. The predicted molar refractivity (Wildman–Crippen MR) is 131 cm³/mol. The molecule has 0 saturated carbocycles. The van der Waals surface area contributed by atoms with Gasteiger partial charge >= 0.3 is 0 Å². The fraction of sp³-hybridized carbons (Fsp3) is 0.0741. The van der Waals surface area contributed by atoms with Crippen LogP contribution in [-0.4, -0.2) is 15.9 Å². The van der Waals surface area contributed by atoms with Gasteiger partial charge in [0.05, 0.1) is 23.2 Å². The Morgan fingerprint density at radius 3 is 2.42 bits per heavy atom. The van der Waals surface area contributed by atoms with E-state index in [0.717, 1.165) is 22.3 Å². The van der Waals surface area contributed by atoms with Gasteiger partial charge < -0.3 is 0 Å². The third-order valence-corrected chi connectivity index (χ3v) is 6.39. The standard InChI is InChI=1S/C27H20FN3OS/c28-23-12-13-24-25(16-23)33-27(30-24)31(18-20-5-4-14-29-17-20)26(32)15-19-8-10-22(11-9-19)21-6-2-1-3-7-21/h1-14,16-17H,15,18H2. The molecule has 2 heterocycles. The maximum Gasteiger partial charge on any atom is 0.233 e. The van der Waals surface area contributed by atoms with E-state index in [9.17, 15) is 9.18 Å². The largest absolute Gasteiger partial charge is 0.283 e. The molecule has 4 nitrogen and oxygen atoms in total. The van der Waals surface area contributed by atoms with Crippen molar-refractivity contribution in [3.05, 3.63) is 114 Å². The summed E-state index contributed by atoms with van der Waals surface area (Å²) in [6.07, 6.45) is 3.67. The molecular weight excluding hydrogens is 433 g/mol. The van der Waals surface area contributed by atoms with Crippen LogP contribution in [0.15, 0.2) is 97.3 Å². The van der Waals surface area contributed by atoms with E-state index in [1.165, 1.54) is 23.5 Å². The number of fused-ring (bicyclic) bond motifs is 1. The average molecular weight is 454 g/mol. The number of hydrogen-bond donors (Lipinski definition) is 0. The van der Waals surface area contributed by atoms with Crippen LogP contribution < -0.4 is 4.90 Å². The van der Waals surface area contributed by atoms with Crippen molar-refractivity contribution in [3.63, 3.8) is 0 Å². The van der Waals surface area contributed by atoms with E-state index in [0.29, 0.717) is 21.9 Å². The minimum Gasteiger partial charge on any atom is -0.283 e. The van der Waals surface area contributed by atoms with E-state index < -0.39 is 0 Å². The van der Waals surface area contributed by atoms with Crippen molar-refractivity contribution in [2.24, 2.45) is 0 Å². The SMILES string of the molecule is O=C(Cc1ccc(-c2ccccc2)cc1)N(Cc1cccnc1)c1nc2ccc(F)cc2s1. The summed E-state index contributed by atoms with van der Waals surface area (Å²) < 4.78 is 14.4. The Hall–Kier alpha value is -3.90. The average Bonchev–Trinajstić information content (AvgIpc) is 3.27. The first-order valence-corrected chi connectivity index (χ1v) is 11.4. The molecule has 2 aromatic heterocycles. The molecule has 0 unspecified atom stereocenters. The molecule has 3 aromatic carbocycles. The van der Waals surface area contributed by atoms with E-state index in [4.69, 9.17) is 0 Å². The minimum absolute atomic E-state index is 0.0779. The van der Waals surface area contributed by atoms with Crippen LogP contribution in [0.2, 0.25) is 0 Å². The third kappa shape index (κ3) is 4.81. The third-order valence-electron chi connectivity index (χ3n) is 5.35. The lowest BCUT2D eigenvalue weighted by atomic mass is 10.0. The van der Waals surface area contributed by atoms with Crippen LogP contribution in [0.1, 0.15) is 11.1 Å². The number of pyridine rings is 1. The fourth-order valence-corrected chi connectivity index (χ4v) is 4.66. The molecule has 0 radical (unpaired) electrons. The summed E-state index contributed by atoms with van der Waals surface area (Å²) in [5.41, 5.74) is 4.73. The molecule has 0 bridgehead atoms. The smallest absolute Gasteiger partial charge is 0.233 e. The molecule has 0 aliphatic heterocycles. The summed E-state index contributed by atoms with van der Waals surface area (Å²) >= 11 is 1.31. The Bertz CT molecular complexity index is 1390. The maximum absolute atomic E-state index is 13.7. The van der Waals surface area contributed by atoms with Crippen LogP contribution in [-0.2, 0) is 17.8 Å². The molecule has 0 aliphatic carbocycles. The van der Waals surface area contributed by atoms with Crippen molar-refractivity contribution in [2.45, 2.75) is 13.0 Å². The zero-order valence-corrected chi connectivity index (χ0v) is 18.5. The number of amides is 1. The molecule has 0 aliphatic rings. The molecule has 0 saturated heterocycles. The molecule has 0 atom stereocenters. The number of rotatable bonds is 6. The Kier molecular flexibility index (Phi) is 5.91. The Balaban J connectivity index is 1.42. The number of anilines is 1. The highest BCUT2D eigenvalue weighted by Crippen LogP contribution is 2.31. The first-order chi connectivity index (χ1) is 16.2. The second kappa shape index (κ2) is 9.30. The molecular formula is C27H20FN3OS. The summed E-state index contributed by atoms with van der Waals surface area (Å²) in [4.78, 5) is 23.8. The topological polar surface area (TPSA) is 46.1 Å². The van der Waals surface area contributed by atoms with Crippen molar-refractivity contribution in [2.75, 3.05) is 4.90 Å². The lowest BCUT2D eigenvalue weighted by molar-refractivity contribution is -0.118. The molecule has 6 heteroatoms. The van der Waals surface area contributed by atoms with E-state index in [-0.39, 0.29) is 18.1 Å². The van der Waals surface area contributed by atoms with Gasteiger partial charge in [-0.25, -0.2) is 9.37 Å². The van der Waals surface area contributed by atoms with Crippen molar-refractivity contribution in [1.82, 2.24) is 9.97 Å². The molecule has 162 valence electrons. The summed E-state index contributed by atoms with van der Waals surface area (Å²) in [7, 11) is 0. The van der Waals surface area contributed by atoms with Crippen LogP contribution in [0.5, 0.6) is 0 Å². The van der Waals surface area contributed by atoms with Crippen molar-refractivity contribution < 1.29 is 9.18 Å². The van der Waals surface area contributed by atoms with Crippen LogP contribution >= 0.6 is 11.3 Å². The van der Waals surface area contributed by atoms with Crippen LogP contribution in [0.25, 0.3) is 21.3 Å². The van der Waals surface area contributed by atoms with Gasteiger partial charge in [0.2, 0.25) is 5.91 Å². The van der Waals surface area contributed by atoms with E-state index in [1.54, 1.807) is 23.4 Å². The van der Waals surface area contributed by atoms with Gasteiger partial charge in [-0.15, -0.1) is 0 Å². The van der Waals surface area contributed by atoms with Gasteiger partial charge in [-0.05, 0) is 46.5 Å². The van der Waals surface area contributed by atoms with Gasteiger partial charge in [0, 0.05) is 12.4 Å². The van der Waals surface area contributed by atoms with Crippen molar-refractivity contribution in [3.8, 4) is 11.1 Å². The zero-order valence-electron chi connectivity index (χ0n) is 17.7. The molecule has 1 amide bonds. The monoisotopic (exact) mass is 453 g/mol. The summed E-state index contributed by atoms with van der Waals surface area (Å²) in [5, 5.41) is 0.547. The minimum atomic E-state index is -0.318. The molecule has 33 heavy (non-hydrogen) atoms. The number of nitrogens with zero attached hydrogens (tertiary/aromatic N) is 3. The Labute approximate surface area is 195 Å². The zero-order chi connectivity index (χ0) is 22.6. The number of carbonyl (C=O) groups excluding carboxylic acids is 1. The van der Waals surface area contributed by atoms with Gasteiger partial charge in [0.15, 0.2) is 5.13 Å². The molecule has 0 spiro atoms.